The van der Waals surface area contributed by atoms with E-state index in [1.807, 2.05) is 0 Å². The van der Waals surface area contributed by atoms with Crippen LogP contribution in [0.4, 0.5) is 0 Å². The second-order valence-corrected chi connectivity index (χ2v) is 10.0. The molecule has 2 heterocycles. The first-order chi connectivity index (χ1) is 12.4. The Morgan fingerprint density at radius 1 is 1.31 bits per heavy atom. The summed E-state index contributed by atoms with van der Waals surface area (Å²) in [4.78, 5) is 14.8. The molecular formula is C20H30N2O3S. The summed E-state index contributed by atoms with van der Waals surface area (Å²) in [6.45, 7) is 4.52. The SMILES string of the molecule is Cc1cccc(CN2CCCC2C(=O)NCCCC2CCS(=O)(=O)C2)c1. The minimum Gasteiger partial charge on any atom is -0.355 e. The molecule has 2 saturated heterocycles. The van der Waals surface area contributed by atoms with Crippen LogP contribution in [0.1, 0.15) is 43.2 Å². The van der Waals surface area contributed by atoms with Crippen molar-refractivity contribution in [1.29, 1.82) is 0 Å². The van der Waals surface area contributed by atoms with Gasteiger partial charge < -0.3 is 5.32 Å². The Hall–Kier alpha value is -1.40. The van der Waals surface area contributed by atoms with Crippen LogP contribution in [0.2, 0.25) is 0 Å². The van der Waals surface area contributed by atoms with Gasteiger partial charge in [0.05, 0.1) is 17.5 Å². The van der Waals surface area contributed by atoms with Crippen molar-refractivity contribution in [3.8, 4) is 0 Å². The first-order valence-electron chi connectivity index (χ1n) is 9.71. The molecule has 2 unspecified atom stereocenters. The van der Waals surface area contributed by atoms with E-state index < -0.39 is 9.84 Å². The number of carbonyl (C=O) groups is 1. The van der Waals surface area contributed by atoms with E-state index in [4.69, 9.17) is 0 Å². The van der Waals surface area contributed by atoms with Gasteiger partial charge in [-0.15, -0.1) is 0 Å². The van der Waals surface area contributed by atoms with Crippen LogP contribution < -0.4 is 5.32 Å². The van der Waals surface area contributed by atoms with E-state index in [9.17, 15) is 13.2 Å². The van der Waals surface area contributed by atoms with E-state index in [0.717, 1.165) is 45.2 Å². The third kappa shape index (κ3) is 5.30. The first-order valence-corrected chi connectivity index (χ1v) is 11.5. The minimum absolute atomic E-state index is 0.0395. The summed E-state index contributed by atoms with van der Waals surface area (Å²) in [6.07, 6.45) is 4.50. The Balaban J connectivity index is 1.42. The standard InChI is InChI=1S/C20H30N2O3S/c1-16-5-2-6-18(13-16)14-22-11-4-8-19(22)20(23)21-10-3-7-17-9-12-26(24,25)15-17/h2,5-6,13,17,19H,3-4,7-12,14-15H2,1H3,(H,21,23). The number of nitrogens with one attached hydrogen (secondary N) is 1. The normalized spacial score (nSPS) is 25.4. The Morgan fingerprint density at radius 3 is 2.88 bits per heavy atom. The van der Waals surface area contributed by atoms with Crippen LogP contribution in [0.25, 0.3) is 0 Å². The summed E-state index contributed by atoms with van der Waals surface area (Å²) in [5, 5.41) is 3.07. The molecule has 5 nitrogen and oxygen atoms in total. The predicted molar refractivity (Wildman–Crippen MR) is 104 cm³/mol. The van der Waals surface area contributed by atoms with E-state index in [2.05, 4.69) is 41.4 Å². The van der Waals surface area contributed by atoms with Crippen LogP contribution in [0.3, 0.4) is 0 Å². The van der Waals surface area contributed by atoms with Gasteiger partial charge in [-0.1, -0.05) is 29.8 Å². The lowest BCUT2D eigenvalue weighted by molar-refractivity contribution is -0.125. The molecule has 1 amide bonds. The molecule has 2 fully saturated rings. The summed E-state index contributed by atoms with van der Waals surface area (Å²) in [5.74, 6) is 1.06. The van der Waals surface area contributed by atoms with Crippen LogP contribution in [-0.2, 0) is 21.2 Å². The highest BCUT2D eigenvalue weighted by Crippen LogP contribution is 2.23. The zero-order chi connectivity index (χ0) is 18.6. The van der Waals surface area contributed by atoms with Crippen molar-refractivity contribution in [1.82, 2.24) is 10.2 Å². The van der Waals surface area contributed by atoms with Crippen molar-refractivity contribution in [2.24, 2.45) is 5.92 Å². The highest BCUT2D eigenvalue weighted by atomic mass is 32.2. The molecule has 0 bridgehead atoms. The largest absolute Gasteiger partial charge is 0.355 e. The Kier molecular flexibility index (Phi) is 6.35. The number of rotatable bonds is 7. The van der Waals surface area contributed by atoms with Crippen molar-refractivity contribution in [3.05, 3.63) is 35.4 Å². The maximum Gasteiger partial charge on any atom is 0.237 e. The van der Waals surface area contributed by atoms with Crippen molar-refractivity contribution in [3.63, 3.8) is 0 Å². The van der Waals surface area contributed by atoms with Crippen molar-refractivity contribution < 1.29 is 13.2 Å². The fraction of sp³-hybridized carbons (Fsp3) is 0.650. The fourth-order valence-corrected chi connectivity index (χ4v) is 6.09. The molecule has 0 radical (unpaired) electrons. The Morgan fingerprint density at radius 2 is 2.15 bits per heavy atom. The molecule has 6 heteroatoms. The molecule has 0 spiro atoms. The Bertz CT molecular complexity index is 732. The molecule has 0 aromatic heterocycles. The van der Waals surface area contributed by atoms with Gasteiger partial charge >= 0.3 is 0 Å². The molecular weight excluding hydrogens is 348 g/mol. The topological polar surface area (TPSA) is 66.5 Å². The third-order valence-corrected chi connectivity index (χ3v) is 7.39. The van der Waals surface area contributed by atoms with E-state index in [-0.39, 0.29) is 17.9 Å². The average Bonchev–Trinajstić information content (AvgIpc) is 3.17. The minimum atomic E-state index is -2.80. The Labute approximate surface area is 157 Å². The van der Waals surface area contributed by atoms with Gasteiger partial charge in [0.2, 0.25) is 5.91 Å². The second-order valence-electron chi connectivity index (χ2n) is 7.82. The summed E-state index contributed by atoms with van der Waals surface area (Å²) in [7, 11) is -2.80. The van der Waals surface area contributed by atoms with Gasteiger partial charge in [-0.05, 0) is 57.1 Å². The monoisotopic (exact) mass is 378 g/mol. The lowest BCUT2D eigenvalue weighted by Gasteiger charge is -2.24. The first kappa shape index (κ1) is 19.4. The maximum atomic E-state index is 12.6. The van der Waals surface area contributed by atoms with Crippen molar-refractivity contribution in [2.45, 2.75) is 51.6 Å². The molecule has 2 aliphatic heterocycles. The molecule has 2 atom stereocenters. The van der Waals surface area contributed by atoms with Crippen molar-refractivity contribution in [2.75, 3.05) is 24.6 Å². The van der Waals surface area contributed by atoms with Crippen LogP contribution in [0.5, 0.6) is 0 Å². The number of carbonyl (C=O) groups excluding carboxylic acids is 1. The summed E-state index contributed by atoms with van der Waals surface area (Å²) in [6, 6.07) is 8.42. The molecule has 144 valence electrons. The average molecular weight is 379 g/mol. The highest BCUT2D eigenvalue weighted by molar-refractivity contribution is 7.91. The van der Waals surface area contributed by atoms with Crippen molar-refractivity contribution >= 4 is 15.7 Å². The second kappa shape index (κ2) is 8.53. The van der Waals surface area contributed by atoms with Crippen LogP contribution in [0, 0.1) is 12.8 Å². The number of hydrogen-bond acceptors (Lipinski definition) is 4. The summed E-state index contributed by atoms with van der Waals surface area (Å²) in [5.41, 5.74) is 2.50. The molecule has 1 aromatic carbocycles. The molecule has 1 aromatic rings. The smallest absolute Gasteiger partial charge is 0.237 e. The molecule has 2 aliphatic rings. The fourth-order valence-electron chi connectivity index (χ4n) is 4.18. The van der Waals surface area contributed by atoms with E-state index in [1.54, 1.807) is 0 Å². The van der Waals surface area contributed by atoms with Gasteiger partial charge in [0, 0.05) is 13.1 Å². The maximum absolute atomic E-state index is 12.6. The molecule has 0 saturated carbocycles. The number of aryl methyl sites for hydroxylation is 1. The molecule has 0 aliphatic carbocycles. The molecule has 26 heavy (non-hydrogen) atoms. The number of likely N-dealkylation sites (tertiary alicyclic amines) is 1. The zero-order valence-electron chi connectivity index (χ0n) is 15.6. The lowest BCUT2D eigenvalue weighted by atomic mass is 10.0. The van der Waals surface area contributed by atoms with Gasteiger partial charge in [0.15, 0.2) is 9.84 Å². The summed E-state index contributed by atoms with van der Waals surface area (Å²) >= 11 is 0. The van der Waals surface area contributed by atoms with Crippen LogP contribution >= 0.6 is 0 Å². The van der Waals surface area contributed by atoms with E-state index in [0.29, 0.717) is 18.1 Å². The zero-order valence-corrected chi connectivity index (χ0v) is 16.4. The highest BCUT2D eigenvalue weighted by Gasteiger charge is 2.31. The third-order valence-electron chi connectivity index (χ3n) is 5.55. The predicted octanol–water partition coefficient (Wildman–Crippen LogP) is 2.29. The van der Waals surface area contributed by atoms with Gasteiger partial charge in [-0.2, -0.15) is 0 Å². The van der Waals surface area contributed by atoms with Crippen LogP contribution in [0.15, 0.2) is 24.3 Å². The van der Waals surface area contributed by atoms with Gasteiger partial charge in [0.1, 0.15) is 0 Å². The lowest BCUT2D eigenvalue weighted by Crippen LogP contribution is -2.43. The van der Waals surface area contributed by atoms with Gasteiger partial charge in [0.25, 0.3) is 0 Å². The van der Waals surface area contributed by atoms with E-state index in [1.165, 1.54) is 11.1 Å². The number of benzene rings is 1. The molecule has 1 N–H and O–H groups in total. The molecule has 3 rings (SSSR count). The number of amides is 1. The quantitative estimate of drug-likeness (QED) is 0.740. The number of hydrogen-bond donors (Lipinski definition) is 1. The van der Waals surface area contributed by atoms with Gasteiger partial charge in [-0.25, -0.2) is 8.42 Å². The van der Waals surface area contributed by atoms with Crippen LogP contribution in [-0.4, -0.2) is 49.9 Å². The van der Waals surface area contributed by atoms with E-state index >= 15 is 0 Å². The summed E-state index contributed by atoms with van der Waals surface area (Å²) < 4.78 is 23.0. The number of nitrogens with zero attached hydrogens (tertiary/aromatic N) is 1. The van der Waals surface area contributed by atoms with Gasteiger partial charge in [-0.3, -0.25) is 9.69 Å². The number of sulfone groups is 1.